The SMILES string of the molecule is FSn1c(Cl)cc2nc(-c3ccc(-c4ccccc4)cc3)c(Cl)cc21. The molecule has 0 saturated heterocycles. The first kappa shape index (κ1) is 16.5. The molecule has 0 bridgehead atoms. The van der Waals surface area contributed by atoms with Crippen molar-refractivity contribution in [3.8, 4) is 22.4 Å². The van der Waals surface area contributed by atoms with Crippen molar-refractivity contribution in [2.45, 2.75) is 0 Å². The molecule has 6 heteroatoms. The van der Waals surface area contributed by atoms with Crippen molar-refractivity contribution < 1.29 is 3.89 Å². The van der Waals surface area contributed by atoms with Crippen LogP contribution in [0.15, 0.2) is 66.7 Å². The number of rotatable bonds is 3. The fraction of sp³-hybridized carbons (Fsp3) is 0. The highest BCUT2D eigenvalue weighted by molar-refractivity contribution is 7.93. The van der Waals surface area contributed by atoms with Crippen LogP contribution >= 0.6 is 35.5 Å². The average Bonchev–Trinajstić information content (AvgIpc) is 2.96. The zero-order valence-electron chi connectivity index (χ0n) is 12.8. The molecule has 0 radical (unpaired) electrons. The Labute approximate surface area is 158 Å². The molecule has 25 heavy (non-hydrogen) atoms. The van der Waals surface area contributed by atoms with Crippen molar-refractivity contribution >= 4 is 46.6 Å². The predicted octanol–water partition coefficient (Wildman–Crippen LogP) is 7.06. The Hall–Kier alpha value is -2.01. The van der Waals surface area contributed by atoms with Crippen LogP contribution in [0.1, 0.15) is 0 Å². The number of hydrogen-bond donors (Lipinski definition) is 0. The van der Waals surface area contributed by atoms with Gasteiger partial charge >= 0.3 is 0 Å². The van der Waals surface area contributed by atoms with Gasteiger partial charge in [-0.3, -0.25) is 0 Å². The van der Waals surface area contributed by atoms with Crippen LogP contribution in [0, 0.1) is 0 Å². The van der Waals surface area contributed by atoms with E-state index in [0.29, 0.717) is 21.7 Å². The summed E-state index contributed by atoms with van der Waals surface area (Å²) in [4.78, 5) is 4.56. The van der Waals surface area contributed by atoms with Gasteiger partial charge in [-0.15, -0.1) is 3.89 Å². The van der Waals surface area contributed by atoms with Crippen molar-refractivity contribution in [3.05, 3.63) is 76.9 Å². The smallest absolute Gasteiger partial charge is 0.171 e. The fourth-order valence-corrected chi connectivity index (χ4v) is 3.64. The van der Waals surface area contributed by atoms with Crippen molar-refractivity contribution in [3.63, 3.8) is 0 Å². The van der Waals surface area contributed by atoms with E-state index in [0.717, 1.165) is 16.7 Å². The molecule has 2 aromatic carbocycles. The van der Waals surface area contributed by atoms with Crippen LogP contribution in [0.25, 0.3) is 33.4 Å². The summed E-state index contributed by atoms with van der Waals surface area (Å²) in [6.07, 6.45) is 0. The molecule has 0 spiro atoms. The Balaban J connectivity index is 1.78. The number of pyridine rings is 1. The van der Waals surface area contributed by atoms with Crippen molar-refractivity contribution in [2.24, 2.45) is 0 Å². The molecule has 0 aliphatic carbocycles. The Morgan fingerprint density at radius 2 is 1.48 bits per heavy atom. The van der Waals surface area contributed by atoms with Crippen LogP contribution in [0.2, 0.25) is 10.2 Å². The van der Waals surface area contributed by atoms with Crippen LogP contribution in [0.4, 0.5) is 3.89 Å². The van der Waals surface area contributed by atoms with Crippen LogP contribution in [-0.2, 0) is 0 Å². The van der Waals surface area contributed by atoms with Gasteiger partial charge in [-0.25, -0.2) is 8.96 Å². The quantitative estimate of drug-likeness (QED) is 0.373. The molecule has 0 aliphatic rings. The first-order valence-electron chi connectivity index (χ1n) is 7.50. The number of fused-ring (bicyclic) bond motifs is 1. The summed E-state index contributed by atoms with van der Waals surface area (Å²) in [7, 11) is 0. The Kier molecular flexibility index (Phi) is 4.42. The molecule has 0 amide bonds. The third kappa shape index (κ3) is 3.01. The summed E-state index contributed by atoms with van der Waals surface area (Å²) < 4.78 is 14.3. The number of benzene rings is 2. The summed E-state index contributed by atoms with van der Waals surface area (Å²) in [5, 5.41) is 0.715. The summed E-state index contributed by atoms with van der Waals surface area (Å²) in [5.41, 5.74) is 4.95. The molecule has 0 unspecified atom stereocenters. The van der Waals surface area contributed by atoms with E-state index in [4.69, 9.17) is 23.2 Å². The second-order valence-corrected chi connectivity index (χ2v) is 6.79. The lowest BCUT2D eigenvalue weighted by Crippen LogP contribution is -1.89. The Morgan fingerprint density at radius 3 is 2.16 bits per heavy atom. The zero-order valence-corrected chi connectivity index (χ0v) is 15.1. The average molecular weight is 389 g/mol. The predicted molar refractivity (Wildman–Crippen MR) is 105 cm³/mol. The maximum absolute atomic E-state index is 13.0. The van der Waals surface area contributed by atoms with Crippen molar-refractivity contribution in [2.75, 3.05) is 0 Å². The van der Waals surface area contributed by atoms with E-state index in [9.17, 15) is 3.89 Å². The van der Waals surface area contributed by atoms with Gasteiger partial charge in [0, 0.05) is 11.6 Å². The monoisotopic (exact) mass is 388 g/mol. The number of halogens is 3. The minimum absolute atomic E-state index is 0.0276. The summed E-state index contributed by atoms with van der Waals surface area (Å²) in [5.74, 6) is 0. The van der Waals surface area contributed by atoms with E-state index in [-0.39, 0.29) is 17.5 Å². The van der Waals surface area contributed by atoms with Gasteiger partial charge in [0.05, 0.1) is 21.7 Å². The lowest BCUT2D eigenvalue weighted by atomic mass is 10.0. The highest BCUT2D eigenvalue weighted by Crippen LogP contribution is 2.35. The molecule has 0 saturated carbocycles. The van der Waals surface area contributed by atoms with Crippen molar-refractivity contribution in [1.82, 2.24) is 8.96 Å². The molecular formula is C19H11Cl2FN2S. The van der Waals surface area contributed by atoms with E-state index in [2.05, 4.69) is 17.1 Å². The maximum atomic E-state index is 13.0. The molecule has 4 aromatic rings. The van der Waals surface area contributed by atoms with Crippen LogP contribution in [0.5, 0.6) is 0 Å². The molecule has 124 valence electrons. The van der Waals surface area contributed by atoms with Gasteiger partial charge in [0.1, 0.15) is 5.15 Å². The maximum Gasteiger partial charge on any atom is 0.171 e. The first-order chi connectivity index (χ1) is 12.2. The Bertz CT molecular complexity index is 1050. The zero-order chi connectivity index (χ0) is 17.4. The minimum Gasteiger partial charge on any atom is -0.245 e. The third-order valence-corrected chi connectivity index (χ3v) is 5.19. The van der Waals surface area contributed by atoms with Crippen molar-refractivity contribution in [1.29, 1.82) is 0 Å². The molecule has 0 aliphatic heterocycles. The highest BCUT2D eigenvalue weighted by Gasteiger charge is 2.14. The molecular weight excluding hydrogens is 378 g/mol. The number of aromatic nitrogens is 2. The molecule has 2 nitrogen and oxygen atoms in total. The standard InChI is InChI=1S/C19H11Cl2FN2S/c20-15-10-17-16(11-18(21)24(17)25-22)23-19(15)14-8-6-13(7-9-14)12-4-2-1-3-5-12/h1-11H. The lowest BCUT2D eigenvalue weighted by molar-refractivity contribution is 0.921. The van der Waals surface area contributed by atoms with Gasteiger partial charge in [-0.05, 0) is 17.2 Å². The topological polar surface area (TPSA) is 17.8 Å². The van der Waals surface area contributed by atoms with Gasteiger partial charge in [-0.2, -0.15) is 0 Å². The molecule has 0 N–H and O–H groups in total. The first-order valence-corrected chi connectivity index (χ1v) is 8.93. The summed E-state index contributed by atoms with van der Waals surface area (Å²) in [6.45, 7) is 0. The second kappa shape index (κ2) is 6.71. The molecule has 4 rings (SSSR count). The van der Waals surface area contributed by atoms with E-state index < -0.39 is 0 Å². The Morgan fingerprint density at radius 1 is 0.840 bits per heavy atom. The molecule has 2 heterocycles. The van der Waals surface area contributed by atoms with E-state index in [1.807, 2.05) is 42.5 Å². The summed E-state index contributed by atoms with van der Waals surface area (Å²) >= 11 is 12.4. The van der Waals surface area contributed by atoms with Gasteiger partial charge in [-0.1, -0.05) is 77.8 Å². The largest absolute Gasteiger partial charge is 0.245 e. The number of hydrogen-bond acceptors (Lipinski definition) is 2. The van der Waals surface area contributed by atoms with E-state index in [1.165, 1.54) is 3.97 Å². The van der Waals surface area contributed by atoms with E-state index in [1.54, 1.807) is 12.1 Å². The fourth-order valence-electron chi connectivity index (χ4n) is 2.77. The van der Waals surface area contributed by atoms with Crippen LogP contribution in [-0.4, -0.2) is 8.96 Å². The second-order valence-electron chi connectivity index (χ2n) is 5.50. The van der Waals surface area contributed by atoms with Gasteiger partial charge < -0.3 is 0 Å². The highest BCUT2D eigenvalue weighted by atomic mass is 35.5. The minimum atomic E-state index is 0.0276. The van der Waals surface area contributed by atoms with Crippen LogP contribution < -0.4 is 0 Å². The normalized spacial score (nSPS) is 11.2. The van der Waals surface area contributed by atoms with Gasteiger partial charge in [0.2, 0.25) is 0 Å². The van der Waals surface area contributed by atoms with Gasteiger partial charge in [0.15, 0.2) is 12.3 Å². The lowest BCUT2D eigenvalue weighted by Gasteiger charge is -2.07. The molecule has 2 aromatic heterocycles. The summed E-state index contributed by atoms with van der Waals surface area (Å²) in [6, 6.07) is 21.5. The van der Waals surface area contributed by atoms with E-state index >= 15 is 0 Å². The number of nitrogens with zero attached hydrogens (tertiary/aromatic N) is 2. The van der Waals surface area contributed by atoms with Gasteiger partial charge in [0.25, 0.3) is 0 Å². The third-order valence-electron chi connectivity index (χ3n) is 3.99. The molecule has 0 atom stereocenters. The molecule has 0 fully saturated rings. The van der Waals surface area contributed by atoms with Crippen LogP contribution in [0.3, 0.4) is 0 Å².